The van der Waals surface area contributed by atoms with E-state index in [1.54, 1.807) is 0 Å². The fourth-order valence-electron chi connectivity index (χ4n) is 8.92. The molecule has 4 aliphatic carbocycles. The van der Waals surface area contributed by atoms with Crippen LogP contribution in [0, 0.1) is 46.3 Å². The zero-order valence-electron chi connectivity index (χ0n) is 18.3. The molecule has 0 unspecified atom stereocenters. The highest BCUT2D eigenvalue weighted by atomic mass is 16.5. The smallest absolute Gasteiger partial charge is 0.305 e. The summed E-state index contributed by atoms with van der Waals surface area (Å²) in [6.45, 7) is 7.73. The molecular formula is C25H42O2. The Balaban J connectivity index is 1.49. The lowest BCUT2D eigenvalue weighted by Gasteiger charge is -2.61. The molecule has 0 amide bonds. The second kappa shape index (κ2) is 7.38. The maximum atomic E-state index is 11.6. The van der Waals surface area contributed by atoms with E-state index in [0.29, 0.717) is 23.2 Å². The summed E-state index contributed by atoms with van der Waals surface area (Å²) in [5.41, 5.74) is 1.17. The van der Waals surface area contributed by atoms with Crippen molar-refractivity contribution < 1.29 is 9.53 Å². The standard InChI is InChI=1S/C25H42O2/c1-17(8-13-23(26)27-4)20-11-12-21-19-10-9-18-7-5-6-15-24(18,2)22(19)14-16-25(20,21)3/h17-22H,5-16H2,1-4H3/t17-,18-,19-,20+,21-,22-,24-,25+/m0/s1. The first kappa shape index (κ1) is 19.8. The lowest BCUT2D eigenvalue weighted by Crippen LogP contribution is -2.53. The Morgan fingerprint density at radius 2 is 1.74 bits per heavy atom. The van der Waals surface area contributed by atoms with Crippen molar-refractivity contribution in [2.75, 3.05) is 7.11 Å². The fraction of sp³-hybridized carbons (Fsp3) is 0.960. The molecule has 154 valence electrons. The minimum Gasteiger partial charge on any atom is -0.469 e. The van der Waals surface area contributed by atoms with Crippen molar-refractivity contribution in [1.29, 1.82) is 0 Å². The van der Waals surface area contributed by atoms with E-state index in [2.05, 4.69) is 20.8 Å². The van der Waals surface area contributed by atoms with Crippen LogP contribution in [-0.2, 0) is 9.53 Å². The molecule has 0 saturated heterocycles. The van der Waals surface area contributed by atoms with Crippen LogP contribution in [0.15, 0.2) is 0 Å². The Kier molecular flexibility index (Phi) is 5.40. The molecule has 0 spiro atoms. The average molecular weight is 375 g/mol. The van der Waals surface area contributed by atoms with Gasteiger partial charge in [0, 0.05) is 6.42 Å². The lowest BCUT2D eigenvalue weighted by molar-refractivity contribution is -0.141. The van der Waals surface area contributed by atoms with Gasteiger partial charge < -0.3 is 4.74 Å². The molecule has 27 heavy (non-hydrogen) atoms. The van der Waals surface area contributed by atoms with E-state index in [9.17, 15) is 4.79 Å². The van der Waals surface area contributed by atoms with Gasteiger partial charge in [-0.05, 0) is 104 Å². The van der Waals surface area contributed by atoms with Crippen molar-refractivity contribution in [1.82, 2.24) is 0 Å². The van der Waals surface area contributed by atoms with Gasteiger partial charge in [-0.1, -0.05) is 33.6 Å². The van der Waals surface area contributed by atoms with Gasteiger partial charge in [0.1, 0.15) is 0 Å². The number of hydrogen-bond acceptors (Lipinski definition) is 2. The Morgan fingerprint density at radius 1 is 0.963 bits per heavy atom. The van der Waals surface area contributed by atoms with Gasteiger partial charge in [-0.25, -0.2) is 0 Å². The van der Waals surface area contributed by atoms with Gasteiger partial charge in [-0.15, -0.1) is 0 Å². The summed E-state index contributed by atoms with van der Waals surface area (Å²) < 4.78 is 4.89. The first-order chi connectivity index (χ1) is 12.9. The summed E-state index contributed by atoms with van der Waals surface area (Å²) in [7, 11) is 1.52. The normalized spacial score (nSPS) is 47.5. The molecule has 0 radical (unpaired) electrons. The molecule has 0 aromatic carbocycles. The highest BCUT2D eigenvalue weighted by Gasteiger charge is 2.60. The minimum absolute atomic E-state index is 0.0335. The molecule has 0 N–H and O–H groups in total. The molecule has 0 aliphatic heterocycles. The molecule has 4 saturated carbocycles. The maximum absolute atomic E-state index is 11.6. The van der Waals surface area contributed by atoms with Crippen LogP contribution in [0.3, 0.4) is 0 Å². The molecule has 0 aromatic heterocycles. The van der Waals surface area contributed by atoms with Crippen LogP contribution in [-0.4, -0.2) is 13.1 Å². The topological polar surface area (TPSA) is 26.3 Å². The summed E-state index contributed by atoms with van der Waals surface area (Å²) in [6, 6.07) is 0. The van der Waals surface area contributed by atoms with E-state index in [4.69, 9.17) is 4.74 Å². The number of carbonyl (C=O) groups excluding carboxylic acids is 1. The van der Waals surface area contributed by atoms with E-state index >= 15 is 0 Å². The lowest BCUT2D eigenvalue weighted by atomic mass is 9.44. The van der Waals surface area contributed by atoms with Crippen molar-refractivity contribution in [2.24, 2.45) is 46.3 Å². The largest absolute Gasteiger partial charge is 0.469 e. The third kappa shape index (κ3) is 3.18. The van der Waals surface area contributed by atoms with Crippen LogP contribution in [0.4, 0.5) is 0 Å². The van der Waals surface area contributed by atoms with Crippen LogP contribution >= 0.6 is 0 Å². The molecule has 0 heterocycles. The Labute approximate surface area is 167 Å². The van der Waals surface area contributed by atoms with E-state index in [-0.39, 0.29) is 5.97 Å². The van der Waals surface area contributed by atoms with E-state index in [1.165, 1.54) is 71.3 Å². The van der Waals surface area contributed by atoms with Crippen LogP contribution < -0.4 is 0 Å². The number of carbonyl (C=O) groups is 1. The summed E-state index contributed by atoms with van der Waals surface area (Å²) in [5, 5.41) is 0. The fourth-order valence-corrected chi connectivity index (χ4v) is 8.92. The van der Waals surface area contributed by atoms with Crippen LogP contribution in [0.25, 0.3) is 0 Å². The van der Waals surface area contributed by atoms with Crippen LogP contribution in [0.2, 0.25) is 0 Å². The molecule has 8 atom stereocenters. The molecule has 0 bridgehead atoms. The van der Waals surface area contributed by atoms with Crippen molar-refractivity contribution >= 4 is 5.97 Å². The second-order valence-corrected chi connectivity index (χ2v) is 11.2. The molecule has 0 aromatic rings. The van der Waals surface area contributed by atoms with E-state index in [0.717, 1.165) is 36.0 Å². The van der Waals surface area contributed by atoms with Gasteiger partial charge in [0.2, 0.25) is 0 Å². The van der Waals surface area contributed by atoms with Crippen molar-refractivity contribution in [3.8, 4) is 0 Å². The van der Waals surface area contributed by atoms with Crippen LogP contribution in [0.5, 0.6) is 0 Å². The number of hydrogen-bond donors (Lipinski definition) is 0. The zero-order valence-corrected chi connectivity index (χ0v) is 18.3. The summed E-state index contributed by atoms with van der Waals surface area (Å²) in [5.74, 6) is 5.38. The third-order valence-corrected chi connectivity index (χ3v) is 10.4. The third-order valence-electron chi connectivity index (χ3n) is 10.4. The number of fused-ring (bicyclic) bond motifs is 5. The number of rotatable bonds is 4. The highest BCUT2D eigenvalue weighted by Crippen LogP contribution is 2.68. The predicted octanol–water partition coefficient (Wildman–Crippen LogP) is 6.62. The molecule has 4 aliphatic rings. The van der Waals surface area contributed by atoms with Gasteiger partial charge in [0.15, 0.2) is 0 Å². The van der Waals surface area contributed by atoms with E-state index < -0.39 is 0 Å². The summed E-state index contributed by atoms with van der Waals surface area (Å²) in [4.78, 5) is 11.6. The number of methoxy groups -OCH3 is 1. The van der Waals surface area contributed by atoms with Crippen molar-refractivity contribution in [3.05, 3.63) is 0 Å². The van der Waals surface area contributed by atoms with Gasteiger partial charge in [-0.3, -0.25) is 4.79 Å². The van der Waals surface area contributed by atoms with E-state index in [1.807, 2.05) is 0 Å². The zero-order chi connectivity index (χ0) is 19.2. The van der Waals surface area contributed by atoms with Gasteiger partial charge in [0.05, 0.1) is 7.11 Å². The quantitative estimate of drug-likeness (QED) is 0.517. The SMILES string of the molecule is COC(=O)CC[C@H](C)[C@H]1CC[C@H]2[C@@H]3CC[C@@H]4CCCC[C@]4(C)[C@H]3CC[C@]12C. The molecule has 2 nitrogen and oxygen atoms in total. The summed E-state index contributed by atoms with van der Waals surface area (Å²) >= 11 is 0. The molecule has 4 fully saturated rings. The minimum atomic E-state index is -0.0335. The van der Waals surface area contributed by atoms with Gasteiger partial charge in [0.25, 0.3) is 0 Å². The maximum Gasteiger partial charge on any atom is 0.305 e. The Hall–Kier alpha value is -0.530. The first-order valence-corrected chi connectivity index (χ1v) is 12.0. The Bertz CT molecular complexity index is 557. The first-order valence-electron chi connectivity index (χ1n) is 12.0. The number of esters is 1. The average Bonchev–Trinajstić information content (AvgIpc) is 3.02. The molecule has 4 rings (SSSR count). The van der Waals surface area contributed by atoms with Crippen LogP contribution in [0.1, 0.15) is 97.8 Å². The van der Waals surface area contributed by atoms with Crippen molar-refractivity contribution in [2.45, 2.75) is 97.8 Å². The second-order valence-electron chi connectivity index (χ2n) is 11.2. The van der Waals surface area contributed by atoms with Gasteiger partial charge >= 0.3 is 5.97 Å². The predicted molar refractivity (Wildman–Crippen MR) is 110 cm³/mol. The Morgan fingerprint density at radius 3 is 2.52 bits per heavy atom. The highest BCUT2D eigenvalue weighted by molar-refractivity contribution is 5.69. The monoisotopic (exact) mass is 374 g/mol. The van der Waals surface area contributed by atoms with Crippen molar-refractivity contribution in [3.63, 3.8) is 0 Å². The molecular weight excluding hydrogens is 332 g/mol. The van der Waals surface area contributed by atoms with Gasteiger partial charge in [-0.2, -0.15) is 0 Å². The number of ether oxygens (including phenoxy) is 1. The summed E-state index contributed by atoms with van der Waals surface area (Å²) in [6.07, 6.45) is 16.4. The molecule has 2 heteroatoms.